The zero-order chi connectivity index (χ0) is 11.0. The van der Waals surface area contributed by atoms with E-state index < -0.39 is 0 Å². The summed E-state index contributed by atoms with van der Waals surface area (Å²) in [6.45, 7) is 4.18. The van der Waals surface area contributed by atoms with Gasteiger partial charge in [0.2, 0.25) is 5.91 Å². The van der Waals surface area contributed by atoms with Crippen LogP contribution in [-0.4, -0.2) is 31.3 Å². The predicted molar refractivity (Wildman–Crippen MR) is 56.1 cm³/mol. The maximum absolute atomic E-state index is 11.2. The highest BCUT2D eigenvalue weighted by Gasteiger charge is 2.06. The molecule has 1 amide bonds. The average molecular weight is 200 g/mol. The molecule has 1 atom stereocenters. The lowest BCUT2D eigenvalue weighted by Crippen LogP contribution is -2.38. The first kappa shape index (κ1) is 13.1. The lowest BCUT2D eigenvalue weighted by molar-refractivity contribution is -0.124. The predicted octanol–water partition coefficient (Wildman–Crippen LogP) is 0.470. The monoisotopic (exact) mass is 200 g/mol. The van der Waals surface area contributed by atoms with Crippen molar-refractivity contribution in [3.63, 3.8) is 0 Å². The van der Waals surface area contributed by atoms with Crippen LogP contribution in [0, 0.1) is 0 Å². The highest BCUT2D eigenvalue weighted by atomic mass is 16.2. The summed E-state index contributed by atoms with van der Waals surface area (Å²) >= 11 is 0. The summed E-state index contributed by atoms with van der Waals surface area (Å²) in [6, 6.07) is 0.316. The highest BCUT2D eigenvalue weighted by Crippen LogP contribution is 1.91. The van der Waals surface area contributed by atoms with Crippen molar-refractivity contribution in [3.05, 3.63) is 0 Å². The third kappa shape index (κ3) is 6.60. The molecule has 0 bridgehead atoms. The molecule has 0 spiro atoms. The van der Waals surface area contributed by atoms with E-state index in [1.54, 1.807) is 0 Å². The second-order valence-electron chi connectivity index (χ2n) is 3.40. The van der Waals surface area contributed by atoms with Crippen LogP contribution in [0.4, 0.5) is 0 Å². The summed E-state index contributed by atoms with van der Waals surface area (Å²) in [4.78, 5) is 21.8. The summed E-state index contributed by atoms with van der Waals surface area (Å²) in [5, 5.41) is 5.88. The van der Waals surface area contributed by atoms with Gasteiger partial charge in [-0.3, -0.25) is 4.79 Å². The maximum atomic E-state index is 11.2. The first-order valence-corrected chi connectivity index (χ1v) is 5.03. The molecule has 0 saturated carbocycles. The molecule has 0 heterocycles. The minimum absolute atomic E-state index is 0.0473. The Morgan fingerprint density at radius 2 is 1.93 bits per heavy atom. The van der Waals surface area contributed by atoms with Crippen molar-refractivity contribution < 1.29 is 9.59 Å². The first-order valence-electron chi connectivity index (χ1n) is 5.03. The van der Waals surface area contributed by atoms with E-state index in [9.17, 15) is 9.59 Å². The van der Waals surface area contributed by atoms with Crippen molar-refractivity contribution in [3.8, 4) is 0 Å². The molecule has 4 nitrogen and oxygen atoms in total. The normalized spacial score (nSPS) is 12.2. The molecule has 1 unspecified atom stereocenters. The van der Waals surface area contributed by atoms with Crippen LogP contribution < -0.4 is 10.6 Å². The zero-order valence-corrected chi connectivity index (χ0v) is 9.22. The van der Waals surface area contributed by atoms with Gasteiger partial charge in [-0.25, -0.2) is 0 Å². The molecule has 4 heteroatoms. The average Bonchev–Trinajstić information content (AvgIpc) is 2.16. The van der Waals surface area contributed by atoms with Crippen LogP contribution >= 0.6 is 0 Å². The van der Waals surface area contributed by atoms with Gasteiger partial charge in [-0.05, 0) is 20.4 Å². The third-order valence-corrected chi connectivity index (χ3v) is 2.15. The van der Waals surface area contributed by atoms with Crippen LogP contribution in [0.3, 0.4) is 0 Å². The number of amides is 1. The molecule has 0 aliphatic carbocycles. The number of carbonyl (C=O) groups is 2. The van der Waals surface area contributed by atoms with Crippen LogP contribution in [0.15, 0.2) is 0 Å². The first-order chi connectivity index (χ1) is 6.60. The summed E-state index contributed by atoms with van der Waals surface area (Å²) in [6.07, 6.45) is 1.61. The smallest absolute Gasteiger partial charge is 0.220 e. The number of rotatable bonds is 7. The van der Waals surface area contributed by atoms with Crippen LogP contribution in [0.5, 0.6) is 0 Å². The number of likely N-dealkylation sites (N-methyl/N-ethyl adjacent to an activating group) is 1. The van der Waals surface area contributed by atoms with Crippen LogP contribution in [0.2, 0.25) is 0 Å². The van der Waals surface area contributed by atoms with Crippen LogP contribution in [0.25, 0.3) is 0 Å². The van der Waals surface area contributed by atoms with Gasteiger partial charge in [0.15, 0.2) is 0 Å². The van der Waals surface area contributed by atoms with Gasteiger partial charge < -0.3 is 15.4 Å². The van der Waals surface area contributed by atoms with E-state index in [4.69, 9.17) is 0 Å². The van der Waals surface area contributed by atoms with Crippen molar-refractivity contribution in [1.29, 1.82) is 0 Å². The lowest BCUT2D eigenvalue weighted by Gasteiger charge is -2.14. The molecular formula is C10H20N2O2. The molecule has 0 aliphatic heterocycles. The second-order valence-corrected chi connectivity index (χ2v) is 3.40. The Morgan fingerprint density at radius 3 is 2.36 bits per heavy atom. The number of Topliss-reactive ketones (excluding diaryl/α,β-unsaturated/α-hetero) is 1. The zero-order valence-electron chi connectivity index (χ0n) is 9.22. The Labute approximate surface area is 85.4 Å². The van der Waals surface area contributed by atoms with Gasteiger partial charge in [0.05, 0.1) is 0 Å². The molecule has 0 fully saturated rings. The van der Waals surface area contributed by atoms with Crippen molar-refractivity contribution in [2.45, 2.75) is 39.2 Å². The Balaban J connectivity index is 3.57. The van der Waals surface area contributed by atoms with Gasteiger partial charge in [-0.1, -0.05) is 6.92 Å². The summed E-state index contributed by atoms with van der Waals surface area (Å²) in [5.41, 5.74) is 0. The number of hydrogen-bond acceptors (Lipinski definition) is 3. The molecule has 0 rings (SSSR count). The minimum atomic E-state index is -0.0473. The summed E-state index contributed by atoms with van der Waals surface area (Å²) in [5.74, 6) is 0.00899. The number of carbonyl (C=O) groups excluding carboxylic acids is 2. The maximum Gasteiger partial charge on any atom is 0.220 e. The van der Waals surface area contributed by atoms with Crippen LogP contribution in [0.1, 0.15) is 33.1 Å². The van der Waals surface area contributed by atoms with Crippen molar-refractivity contribution in [2.75, 3.05) is 13.6 Å². The van der Waals surface area contributed by atoms with Gasteiger partial charge in [0, 0.05) is 25.4 Å². The molecule has 0 aliphatic rings. The Bertz CT molecular complexity index is 189. The van der Waals surface area contributed by atoms with E-state index in [1.165, 1.54) is 6.92 Å². The van der Waals surface area contributed by atoms with E-state index in [-0.39, 0.29) is 11.7 Å². The molecular weight excluding hydrogens is 180 g/mol. The lowest BCUT2D eigenvalue weighted by atomic mass is 10.2. The Morgan fingerprint density at radius 1 is 1.29 bits per heavy atom. The second kappa shape index (κ2) is 7.50. The SMILES string of the molecule is CCC(CNC(=O)CCC(C)=O)NC. The Kier molecular flexibility index (Phi) is 7.02. The Hall–Kier alpha value is -0.900. The topological polar surface area (TPSA) is 58.2 Å². The summed E-state index contributed by atoms with van der Waals surface area (Å²) < 4.78 is 0. The largest absolute Gasteiger partial charge is 0.355 e. The van der Waals surface area contributed by atoms with E-state index >= 15 is 0 Å². The fourth-order valence-electron chi connectivity index (χ4n) is 1.07. The molecule has 14 heavy (non-hydrogen) atoms. The number of ketones is 1. The minimum Gasteiger partial charge on any atom is -0.355 e. The highest BCUT2D eigenvalue weighted by molar-refractivity contribution is 5.83. The van der Waals surface area contributed by atoms with Gasteiger partial charge in [-0.2, -0.15) is 0 Å². The fourth-order valence-corrected chi connectivity index (χ4v) is 1.07. The number of hydrogen-bond donors (Lipinski definition) is 2. The number of nitrogens with one attached hydrogen (secondary N) is 2. The standard InChI is InChI=1S/C10H20N2O2/c1-4-9(11-3)7-12-10(14)6-5-8(2)13/h9,11H,4-7H2,1-3H3,(H,12,14). The van der Waals surface area contributed by atoms with Crippen LogP contribution in [-0.2, 0) is 9.59 Å². The van der Waals surface area contributed by atoms with Gasteiger partial charge in [-0.15, -0.1) is 0 Å². The molecule has 0 saturated heterocycles. The van der Waals surface area contributed by atoms with E-state index in [0.717, 1.165) is 6.42 Å². The van der Waals surface area contributed by atoms with Gasteiger partial charge >= 0.3 is 0 Å². The molecule has 0 aromatic rings. The fraction of sp³-hybridized carbons (Fsp3) is 0.800. The molecule has 82 valence electrons. The van der Waals surface area contributed by atoms with E-state index in [1.807, 2.05) is 7.05 Å². The molecule has 2 N–H and O–H groups in total. The quantitative estimate of drug-likeness (QED) is 0.628. The van der Waals surface area contributed by atoms with Gasteiger partial charge in [0.1, 0.15) is 5.78 Å². The molecule has 0 aromatic carbocycles. The summed E-state index contributed by atoms with van der Waals surface area (Å²) in [7, 11) is 1.87. The van der Waals surface area contributed by atoms with Gasteiger partial charge in [0.25, 0.3) is 0 Å². The van der Waals surface area contributed by atoms with E-state index in [0.29, 0.717) is 25.4 Å². The molecule has 0 aromatic heterocycles. The van der Waals surface area contributed by atoms with Crippen molar-refractivity contribution in [2.24, 2.45) is 0 Å². The van der Waals surface area contributed by atoms with Crippen molar-refractivity contribution >= 4 is 11.7 Å². The van der Waals surface area contributed by atoms with E-state index in [2.05, 4.69) is 17.6 Å². The molecule has 0 radical (unpaired) electrons. The third-order valence-electron chi connectivity index (χ3n) is 2.15. The van der Waals surface area contributed by atoms with Crippen molar-refractivity contribution in [1.82, 2.24) is 10.6 Å².